The van der Waals surface area contributed by atoms with E-state index in [9.17, 15) is 5.40 Å². The van der Waals surface area contributed by atoms with Gasteiger partial charge in [0.25, 0.3) is 0 Å². The molecule has 6 rings (SSSR count). The van der Waals surface area contributed by atoms with E-state index in [1.54, 1.807) is 0 Å². The summed E-state index contributed by atoms with van der Waals surface area (Å²) in [5.74, 6) is 0. The van der Waals surface area contributed by atoms with Gasteiger partial charge in [0.15, 0.2) is 0 Å². The normalized spacial score (nSPS) is 11.5. The Labute approximate surface area is 237 Å². The molecule has 0 heterocycles. The van der Waals surface area contributed by atoms with Crippen LogP contribution in [-0.4, -0.2) is 8.24 Å². The fourth-order valence-corrected chi connectivity index (χ4v) is 8.90. The van der Waals surface area contributed by atoms with E-state index in [0.717, 1.165) is 15.6 Å². The maximum absolute atomic E-state index is 10.4. The fourth-order valence-electron chi connectivity index (χ4n) is 5.09. The maximum Gasteiger partial charge on any atom is 1.00 e. The molecule has 0 saturated carbocycles. The SMILES string of the molecule is [K+].[NH-][Si](c1cccc2ccccc12)(c1cccc2ccccc12)c1cccc2ccccc12. The summed E-state index contributed by atoms with van der Waals surface area (Å²) >= 11 is 0. The van der Waals surface area contributed by atoms with Gasteiger partial charge in [-0.25, -0.2) is 0 Å². The molecule has 3 heteroatoms. The first-order chi connectivity index (χ1) is 15.8. The summed E-state index contributed by atoms with van der Waals surface area (Å²) in [6.07, 6.45) is 0. The standard InChI is InChI=1S/C30H22NSi.K/c31-32(28-19-7-13-22-10-1-4-16-25(22)28,29-20-8-14-23-11-2-5-17-26(23)29)30-21-9-15-24-12-3-6-18-27(24)30;/h1-21,31H;/q-1;+1. The molecule has 0 amide bonds. The van der Waals surface area contributed by atoms with Crippen LogP contribution in [0.2, 0.25) is 0 Å². The summed E-state index contributed by atoms with van der Waals surface area (Å²) in [5.41, 5.74) is 0. The summed E-state index contributed by atoms with van der Waals surface area (Å²) in [7, 11) is -3.12. The van der Waals surface area contributed by atoms with E-state index in [0.29, 0.717) is 0 Å². The molecule has 0 spiro atoms. The van der Waals surface area contributed by atoms with Gasteiger partial charge in [-0.1, -0.05) is 143 Å². The predicted octanol–water partition coefficient (Wildman–Crippen LogP) is 3.17. The third kappa shape index (κ3) is 3.74. The molecule has 0 aromatic heterocycles. The summed E-state index contributed by atoms with van der Waals surface area (Å²) in [6.45, 7) is 0. The molecule has 0 saturated heterocycles. The molecule has 6 aromatic carbocycles. The van der Waals surface area contributed by atoms with Crippen molar-refractivity contribution >= 4 is 56.1 Å². The first kappa shape index (κ1) is 22.7. The number of nitrogens with one attached hydrogen (secondary N) is 1. The molecule has 0 aliphatic carbocycles. The zero-order chi connectivity index (χ0) is 21.5. The average Bonchev–Trinajstić information content (AvgIpc) is 2.87. The van der Waals surface area contributed by atoms with Gasteiger partial charge < -0.3 is 5.40 Å². The molecule has 0 bridgehead atoms. The van der Waals surface area contributed by atoms with E-state index < -0.39 is 8.24 Å². The van der Waals surface area contributed by atoms with Crippen molar-refractivity contribution in [3.63, 3.8) is 0 Å². The Balaban J connectivity index is 0.00000228. The second kappa shape index (κ2) is 9.28. The molecule has 33 heavy (non-hydrogen) atoms. The van der Waals surface area contributed by atoms with Crippen molar-refractivity contribution in [2.24, 2.45) is 0 Å². The van der Waals surface area contributed by atoms with Gasteiger partial charge >= 0.3 is 51.4 Å². The van der Waals surface area contributed by atoms with Crippen molar-refractivity contribution in [1.82, 2.24) is 0 Å². The molecule has 0 radical (unpaired) electrons. The minimum atomic E-state index is -3.12. The first-order valence-corrected chi connectivity index (χ1v) is 13.0. The Hall–Kier alpha value is -2.09. The molecular weight excluding hydrogens is 442 g/mol. The zero-order valence-corrected chi connectivity index (χ0v) is 22.7. The van der Waals surface area contributed by atoms with E-state index >= 15 is 0 Å². The minimum Gasteiger partial charge on any atom is -0.668 e. The van der Waals surface area contributed by atoms with E-state index in [-0.39, 0.29) is 51.4 Å². The van der Waals surface area contributed by atoms with Crippen LogP contribution in [-0.2, 0) is 0 Å². The predicted molar refractivity (Wildman–Crippen MR) is 141 cm³/mol. The average molecular weight is 464 g/mol. The van der Waals surface area contributed by atoms with E-state index in [4.69, 9.17) is 0 Å². The van der Waals surface area contributed by atoms with Gasteiger partial charge in [0, 0.05) is 8.24 Å². The quantitative estimate of drug-likeness (QED) is 0.284. The van der Waals surface area contributed by atoms with E-state index in [2.05, 4.69) is 127 Å². The van der Waals surface area contributed by atoms with E-state index in [1.165, 1.54) is 32.3 Å². The van der Waals surface area contributed by atoms with Crippen LogP contribution in [0.3, 0.4) is 0 Å². The molecule has 0 unspecified atom stereocenters. The minimum absolute atomic E-state index is 0. The topological polar surface area (TPSA) is 23.8 Å². The number of rotatable bonds is 3. The van der Waals surface area contributed by atoms with Crippen molar-refractivity contribution < 1.29 is 51.4 Å². The molecular formula is C30H22KNSi. The maximum atomic E-state index is 10.4. The molecule has 0 aliphatic heterocycles. The van der Waals surface area contributed by atoms with Crippen molar-refractivity contribution in [3.05, 3.63) is 133 Å². The van der Waals surface area contributed by atoms with Crippen LogP contribution in [0.15, 0.2) is 127 Å². The van der Waals surface area contributed by atoms with Gasteiger partial charge in [0.05, 0.1) is 0 Å². The molecule has 0 aliphatic rings. The first-order valence-electron chi connectivity index (χ1n) is 11.0. The third-order valence-electron chi connectivity index (χ3n) is 6.58. The summed E-state index contributed by atoms with van der Waals surface area (Å²) in [4.78, 5) is 0. The largest absolute Gasteiger partial charge is 1.00 e. The van der Waals surface area contributed by atoms with Gasteiger partial charge in [-0.2, -0.15) is 0 Å². The van der Waals surface area contributed by atoms with Gasteiger partial charge in [-0.15, -0.1) is 0 Å². The van der Waals surface area contributed by atoms with Crippen LogP contribution in [0.4, 0.5) is 0 Å². The Kier molecular flexibility index (Phi) is 6.38. The number of hydrogen-bond acceptors (Lipinski definition) is 0. The van der Waals surface area contributed by atoms with Crippen LogP contribution in [0.5, 0.6) is 0 Å². The van der Waals surface area contributed by atoms with Gasteiger partial charge in [0.1, 0.15) is 0 Å². The Bertz CT molecular complexity index is 1400. The van der Waals surface area contributed by atoms with Crippen LogP contribution in [0, 0.1) is 0 Å². The summed E-state index contributed by atoms with van der Waals surface area (Å²) in [5, 5.41) is 21.0. The monoisotopic (exact) mass is 463 g/mol. The molecule has 0 atom stereocenters. The number of benzene rings is 6. The smallest absolute Gasteiger partial charge is 0.668 e. The zero-order valence-electron chi connectivity index (χ0n) is 18.6. The van der Waals surface area contributed by atoms with Crippen LogP contribution in [0.1, 0.15) is 0 Å². The second-order valence-electron chi connectivity index (χ2n) is 8.33. The number of fused-ring (bicyclic) bond motifs is 3. The summed E-state index contributed by atoms with van der Waals surface area (Å²) in [6, 6.07) is 44.9. The van der Waals surface area contributed by atoms with Gasteiger partial charge in [0.2, 0.25) is 0 Å². The van der Waals surface area contributed by atoms with Crippen LogP contribution in [0.25, 0.3) is 37.7 Å². The Morgan fingerprint density at radius 1 is 0.364 bits per heavy atom. The summed E-state index contributed by atoms with van der Waals surface area (Å²) < 4.78 is 0. The van der Waals surface area contributed by atoms with Crippen molar-refractivity contribution in [2.75, 3.05) is 0 Å². The van der Waals surface area contributed by atoms with Crippen LogP contribution >= 0.6 is 0 Å². The Morgan fingerprint density at radius 3 is 0.970 bits per heavy atom. The van der Waals surface area contributed by atoms with Crippen LogP contribution < -0.4 is 66.9 Å². The van der Waals surface area contributed by atoms with Gasteiger partial charge in [-0.3, -0.25) is 0 Å². The van der Waals surface area contributed by atoms with Crippen molar-refractivity contribution in [2.45, 2.75) is 0 Å². The molecule has 1 N–H and O–H groups in total. The molecule has 1 nitrogen and oxygen atoms in total. The molecule has 152 valence electrons. The van der Waals surface area contributed by atoms with Crippen molar-refractivity contribution in [3.8, 4) is 0 Å². The van der Waals surface area contributed by atoms with E-state index in [1.807, 2.05) is 0 Å². The molecule has 6 aromatic rings. The number of hydrogen-bond donors (Lipinski definition) is 0. The Morgan fingerprint density at radius 2 is 0.636 bits per heavy atom. The van der Waals surface area contributed by atoms with Crippen molar-refractivity contribution in [1.29, 1.82) is 0 Å². The second-order valence-corrected chi connectivity index (χ2v) is 11.4. The third-order valence-corrected chi connectivity index (χ3v) is 10.3. The van der Waals surface area contributed by atoms with Gasteiger partial charge in [-0.05, 0) is 32.3 Å². The fraction of sp³-hybridized carbons (Fsp3) is 0. The molecule has 0 fully saturated rings.